The molecule has 1 aliphatic heterocycles. The summed E-state index contributed by atoms with van der Waals surface area (Å²) in [4.78, 5) is 11.7. The first-order chi connectivity index (χ1) is 7.22. The zero-order valence-electron chi connectivity index (χ0n) is 9.29. The van der Waals surface area contributed by atoms with Crippen molar-refractivity contribution >= 4 is 5.78 Å². The van der Waals surface area contributed by atoms with Crippen LogP contribution < -0.4 is 0 Å². The van der Waals surface area contributed by atoms with Crippen LogP contribution >= 0.6 is 0 Å². The molecule has 0 aromatic rings. The smallest absolute Gasteiger partial charge is 0.162 e. The van der Waals surface area contributed by atoms with E-state index in [9.17, 15) is 4.79 Å². The molecule has 2 heteroatoms. The summed E-state index contributed by atoms with van der Waals surface area (Å²) in [6.45, 7) is 5.87. The van der Waals surface area contributed by atoms with Crippen molar-refractivity contribution in [3.05, 3.63) is 24.0 Å². The van der Waals surface area contributed by atoms with Crippen LogP contribution in [0.5, 0.6) is 0 Å². The number of Topliss-reactive ketones (excluding diaryl/α,β-unsaturated/α-hetero) is 1. The first-order valence-electron chi connectivity index (χ1n) is 5.76. The van der Waals surface area contributed by atoms with Gasteiger partial charge >= 0.3 is 0 Å². The first-order valence-corrected chi connectivity index (χ1v) is 5.76. The van der Waals surface area contributed by atoms with Gasteiger partial charge in [-0.05, 0) is 18.8 Å². The van der Waals surface area contributed by atoms with Gasteiger partial charge in [-0.2, -0.15) is 0 Å². The second-order valence-corrected chi connectivity index (χ2v) is 4.51. The molecule has 2 atom stereocenters. The van der Waals surface area contributed by atoms with Crippen molar-refractivity contribution in [2.45, 2.75) is 45.1 Å². The Morgan fingerprint density at radius 1 is 1.53 bits per heavy atom. The third-order valence-electron chi connectivity index (χ3n) is 3.26. The predicted octanol–water partition coefficient (Wildman–Crippen LogP) is 2.99. The number of hydrogen-bond acceptors (Lipinski definition) is 2. The summed E-state index contributed by atoms with van der Waals surface area (Å²) in [7, 11) is 0. The third kappa shape index (κ3) is 1.99. The normalized spacial score (nSPS) is 30.9. The average Bonchev–Trinajstić information content (AvgIpc) is 2.17. The van der Waals surface area contributed by atoms with Crippen molar-refractivity contribution in [2.24, 2.45) is 5.92 Å². The van der Waals surface area contributed by atoms with E-state index in [4.69, 9.17) is 4.74 Å². The van der Waals surface area contributed by atoms with Gasteiger partial charge in [0.15, 0.2) is 5.78 Å². The van der Waals surface area contributed by atoms with Crippen LogP contribution in [0, 0.1) is 5.92 Å². The van der Waals surface area contributed by atoms with E-state index in [0.29, 0.717) is 18.1 Å². The number of carbonyl (C=O) groups excluding carboxylic acids is 1. The van der Waals surface area contributed by atoms with Crippen molar-refractivity contribution < 1.29 is 9.53 Å². The largest absolute Gasteiger partial charge is 0.494 e. The summed E-state index contributed by atoms with van der Waals surface area (Å²) in [5.41, 5.74) is 0.974. The van der Waals surface area contributed by atoms with Crippen LogP contribution in [0.25, 0.3) is 0 Å². The lowest BCUT2D eigenvalue weighted by atomic mass is 9.82. The Bertz CT molecular complexity index is 314. The second kappa shape index (κ2) is 4.21. The first kappa shape index (κ1) is 10.5. The van der Waals surface area contributed by atoms with E-state index >= 15 is 0 Å². The molecule has 0 bridgehead atoms. The Morgan fingerprint density at radius 2 is 2.33 bits per heavy atom. The van der Waals surface area contributed by atoms with Crippen LogP contribution in [0.1, 0.15) is 39.0 Å². The summed E-state index contributed by atoms with van der Waals surface area (Å²) in [6.07, 6.45) is 6.57. The molecule has 15 heavy (non-hydrogen) atoms. The zero-order chi connectivity index (χ0) is 10.8. The van der Waals surface area contributed by atoms with E-state index in [-0.39, 0.29) is 6.10 Å². The van der Waals surface area contributed by atoms with E-state index in [1.807, 2.05) is 6.08 Å². The number of ether oxygens (including phenoxy) is 1. The van der Waals surface area contributed by atoms with Gasteiger partial charge in [0.2, 0.25) is 0 Å². The highest BCUT2D eigenvalue weighted by Gasteiger charge is 2.32. The van der Waals surface area contributed by atoms with Gasteiger partial charge in [0.25, 0.3) is 0 Å². The lowest BCUT2D eigenvalue weighted by Crippen LogP contribution is -2.29. The fourth-order valence-corrected chi connectivity index (χ4v) is 2.60. The van der Waals surface area contributed by atoms with Gasteiger partial charge in [-0.15, -0.1) is 6.58 Å². The number of ketones is 1. The van der Waals surface area contributed by atoms with E-state index in [1.54, 1.807) is 0 Å². The minimum absolute atomic E-state index is 0.238. The fourth-order valence-electron chi connectivity index (χ4n) is 2.60. The molecular formula is C13H18O2. The summed E-state index contributed by atoms with van der Waals surface area (Å²) in [6, 6.07) is 0. The monoisotopic (exact) mass is 206 g/mol. The highest BCUT2D eigenvalue weighted by Crippen LogP contribution is 2.36. The van der Waals surface area contributed by atoms with Crippen molar-refractivity contribution in [3.8, 4) is 0 Å². The van der Waals surface area contributed by atoms with Gasteiger partial charge in [0, 0.05) is 24.8 Å². The minimum Gasteiger partial charge on any atom is -0.494 e. The van der Waals surface area contributed by atoms with Crippen molar-refractivity contribution in [1.82, 2.24) is 0 Å². The fraction of sp³-hybridized carbons (Fsp3) is 0.615. The molecule has 2 aliphatic rings. The van der Waals surface area contributed by atoms with Gasteiger partial charge in [-0.25, -0.2) is 0 Å². The highest BCUT2D eigenvalue weighted by molar-refractivity contribution is 5.97. The standard InChI is InChI=1S/C13H18O2/c1-3-5-10-8-9(2)13-11(14)6-4-7-12(13)15-10/h3,9-10H,1,4-8H2,2H3. The van der Waals surface area contributed by atoms with Crippen LogP contribution in [-0.4, -0.2) is 11.9 Å². The molecule has 0 aromatic carbocycles. The SMILES string of the molecule is C=CCC1CC(C)C2=C(CCCC2=O)O1. The second-order valence-electron chi connectivity index (χ2n) is 4.51. The molecule has 0 saturated heterocycles. The molecule has 0 aromatic heterocycles. The Labute approximate surface area is 91.0 Å². The molecule has 0 fully saturated rings. The van der Waals surface area contributed by atoms with Crippen molar-refractivity contribution in [2.75, 3.05) is 0 Å². The van der Waals surface area contributed by atoms with Crippen LogP contribution in [0.2, 0.25) is 0 Å². The van der Waals surface area contributed by atoms with Crippen LogP contribution in [0.15, 0.2) is 24.0 Å². The topological polar surface area (TPSA) is 26.3 Å². The van der Waals surface area contributed by atoms with Gasteiger partial charge in [-0.3, -0.25) is 4.79 Å². The molecule has 0 amide bonds. The molecule has 82 valence electrons. The van der Waals surface area contributed by atoms with Crippen LogP contribution in [0.4, 0.5) is 0 Å². The lowest BCUT2D eigenvalue weighted by molar-refractivity contribution is -0.117. The molecule has 2 rings (SSSR count). The van der Waals surface area contributed by atoms with Gasteiger partial charge in [-0.1, -0.05) is 13.0 Å². The summed E-state index contributed by atoms with van der Waals surface area (Å²) in [5.74, 6) is 1.64. The maximum atomic E-state index is 11.7. The minimum atomic E-state index is 0.238. The lowest BCUT2D eigenvalue weighted by Gasteiger charge is -2.34. The molecule has 1 heterocycles. The van der Waals surface area contributed by atoms with Crippen molar-refractivity contribution in [1.29, 1.82) is 0 Å². The molecule has 2 unspecified atom stereocenters. The molecular weight excluding hydrogens is 188 g/mol. The van der Waals surface area contributed by atoms with E-state index in [1.165, 1.54) is 0 Å². The predicted molar refractivity (Wildman–Crippen MR) is 59.4 cm³/mol. The maximum Gasteiger partial charge on any atom is 0.162 e. The van der Waals surface area contributed by atoms with Crippen molar-refractivity contribution in [3.63, 3.8) is 0 Å². The average molecular weight is 206 g/mol. The summed E-state index contributed by atoms with van der Waals surface area (Å²) < 4.78 is 5.86. The Morgan fingerprint density at radius 3 is 3.07 bits per heavy atom. The van der Waals surface area contributed by atoms with Gasteiger partial charge in [0.05, 0.1) is 0 Å². The molecule has 0 N–H and O–H groups in total. The van der Waals surface area contributed by atoms with Crippen LogP contribution in [-0.2, 0) is 9.53 Å². The quantitative estimate of drug-likeness (QED) is 0.649. The molecule has 0 saturated carbocycles. The van der Waals surface area contributed by atoms with Crippen LogP contribution in [0.3, 0.4) is 0 Å². The Kier molecular flexibility index (Phi) is 2.94. The van der Waals surface area contributed by atoms with E-state index < -0.39 is 0 Å². The summed E-state index contributed by atoms with van der Waals surface area (Å²) in [5, 5.41) is 0. The number of rotatable bonds is 2. The Hall–Kier alpha value is -1.05. The molecule has 2 nitrogen and oxygen atoms in total. The zero-order valence-corrected chi connectivity index (χ0v) is 9.29. The summed E-state index contributed by atoms with van der Waals surface area (Å²) >= 11 is 0. The van der Waals surface area contributed by atoms with E-state index in [0.717, 1.165) is 37.0 Å². The molecule has 1 aliphatic carbocycles. The van der Waals surface area contributed by atoms with Gasteiger partial charge in [0.1, 0.15) is 11.9 Å². The Balaban J connectivity index is 2.20. The molecule has 0 spiro atoms. The van der Waals surface area contributed by atoms with Gasteiger partial charge < -0.3 is 4.74 Å². The van der Waals surface area contributed by atoms with E-state index in [2.05, 4.69) is 13.5 Å². The highest BCUT2D eigenvalue weighted by atomic mass is 16.5. The third-order valence-corrected chi connectivity index (χ3v) is 3.26. The maximum absolute atomic E-state index is 11.7. The number of carbonyl (C=O) groups is 1. The number of hydrogen-bond donors (Lipinski definition) is 0. The molecule has 0 radical (unpaired) electrons. The number of allylic oxidation sites excluding steroid dienone is 2.